The Morgan fingerprint density at radius 3 is 3.00 bits per heavy atom. The molecule has 21 heavy (non-hydrogen) atoms. The molecular formula is C15H15FN2O2S. The highest BCUT2D eigenvalue weighted by atomic mass is 32.1. The topological polar surface area (TPSA) is 51.2 Å². The summed E-state index contributed by atoms with van der Waals surface area (Å²) in [6.45, 7) is 0.170. The van der Waals surface area contributed by atoms with Gasteiger partial charge in [0.2, 0.25) is 0 Å². The van der Waals surface area contributed by atoms with Crippen molar-refractivity contribution < 1.29 is 13.9 Å². The van der Waals surface area contributed by atoms with Crippen LogP contribution in [0.2, 0.25) is 0 Å². The summed E-state index contributed by atoms with van der Waals surface area (Å²) in [5, 5.41) is 5.84. The lowest BCUT2D eigenvalue weighted by Crippen LogP contribution is -2.28. The quantitative estimate of drug-likeness (QED) is 0.893. The SMILES string of the molecule is O=C(COc1ccccc1F)NCc1csc(C2CC2)n1. The molecule has 0 bridgehead atoms. The molecule has 0 unspecified atom stereocenters. The van der Waals surface area contributed by atoms with Crippen molar-refractivity contribution in [1.82, 2.24) is 10.3 Å². The number of para-hydroxylation sites is 1. The lowest BCUT2D eigenvalue weighted by molar-refractivity contribution is -0.123. The zero-order valence-corrected chi connectivity index (χ0v) is 12.2. The molecule has 2 aromatic rings. The first-order valence-corrected chi connectivity index (χ1v) is 7.68. The fraction of sp³-hybridized carbons (Fsp3) is 0.333. The Balaban J connectivity index is 1.44. The highest BCUT2D eigenvalue weighted by Gasteiger charge is 2.26. The van der Waals surface area contributed by atoms with Crippen molar-refractivity contribution in [3.05, 3.63) is 46.2 Å². The van der Waals surface area contributed by atoms with Gasteiger partial charge in [-0.05, 0) is 25.0 Å². The number of nitrogens with one attached hydrogen (secondary N) is 1. The molecule has 110 valence electrons. The van der Waals surface area contributed by atoms with E-state index in [2.05, 4.69) is 10.3 Å². The lowest BCUT2D eigenvalue weighted by atomic mass is 10.3. The third kappa shape index (κ3) is 3.78. The van der Waals surface area contributed by atoms with Gasteiger partial charge < -0.3 is 10.1 Å². The number of thiazole rings is 1. The standard InChI is InChI=1S/C15H15FN2O2S/c16-12-3-1-2-4-13(12)20-8-14(19)17-7-11-9-21-15(18-11)10-5-6-10/h1-4,9-10H,5-8H2,(H,17,19). The molecule has 1 saturated carbocycles. The van der Waals surface area contributed by atoms with Crippen LogP contribution in [0, 0.1) is 5.82 Å². The van der Waals surface area contributed by atoms with Crippen molar-refractivity contribution in [3.8, 4) is 5.75 Å². The fourth-order valence-electron chi connectivity index (χ4n) is 1.87. The number of aromatic nitrogens is 1. The van der Waals surface area contributed by atoms with E-state index in [0.717, 1.165) is 10.7 Å². The third-order valence-electron chi connectivity index (χ3n) is 3.16. The van der Waals surface area contributed by atoms with Gasteiger partial charge in [-0.1, -0.05) is 12.1 Å². The molecule has 6 heteroatoms. The monoisotopic (exact) mass is 306 g/mol. The summed E-state index contributed by atoms with van der Waals surface area (Å²) in [7, 11) is 0. The van der Waals surface area contributed by atoms with Gasteiger partial charge in [0.05, 0.1) is 17.2 Å². The van der Waals surface area contributed by atoms with E-state index < -0.39 is 5.82 Å². The van der Waals surface area contributed by atoms with Crippen LogP contribution in [0.4, 0.5) is 4.39 Å². The number of carbonyl (C=O) groups is 1. The van der Waals surface area contributed by atoms with Crippen LogP contribution in [0.1, 0.15) is 29.5 Å². The fourth-order valence-corrected chi connectivity index (χ4v) is 2.86. The van der Waals surface area contributed by atoms with E-state index in [1.165, 1.54) is 25.0 Å². The highest BCUT2D eigenvalue weighted by Crippen LogP contribution is 2.41. The molecule has 0 saturated heterocycles. The second-order valence-electron chi connectivity index (χ2n) is 4.95. The van der Waals surface area contributed by atoms with Crippen LogP contribution in [-0.4, -0.2) is 17.5 Å². The van der Waals surface area contributed by atoms with E-state index in [-0.39, 0.29) is 18.3 Å². The van der Waals surface area contributed by atoms with Crippen molar-refractivity contribution in [3.63, 3.8) is 0 Å². The minimum atomic E-state index is -0.473. The number of amides is 1. The molecule has 0 aliphatic heterocycles. The number of halogens is 1. The first kappa shape index (κ1) is 14.0. The van der Waals surface area contributed by atoms with Crippen LogP contribution in [0.15, 0.2) is 29.6 Å². The minimum absolute atomic E-state index is 0.0809. The highest BCUT2D eigenvalue weighted by molar-refractivity contribution is 7.09. The van der Waals surface area contributed by atoms with Gasteiger partial charge >= 0.3 is 0 Å². The number of ether oxygens (including phenoxy) is 1. The number of hydrogen-bond donors (Lipinski definition) is 1. The molecular weight excluding hydrogens is 291 g/mol. The van der Waals surface area contributed by atoms with Crippen LogP contribution in [0.5, 0.6) is 5.75 Å². The van der Waals surface area contributed by atoms with E-state index in [0.29, 0.717) is 12.5 Å². The van der Waals surface area contributed by atoms with Crippen molar-refractivity contribution in [2.24, 2.45) is 0 Å². The third-order valence-corrected chi connectivity index (χ3v) is 4.21. The van der Waals surface area contributed by atoms with Crippen LogP contribution in [0.25, 0.3) is 0 Å². The van der Waals surface area contributed by atoms with Crippen molar-refractivity contribution in [1.29, 1.82) is 0 Å². The van der Waals surface area contributed by atoms with Crippen molar-refractivity contribution >= 4 is 17.2 Å². The van der Waals surface area contributed by atoms with Gasteiger partial charge in [0.15, 0.2) is 18.2 Å². The van der Waals surface area contributed by atoms with Gasteiger partial charge in [-0.3, -0.25) is 4.79 Å². The lowest BCUT2D eigenvalue weighted by Gasteiger charge is -2.07. The summed E-state index contributed by atoms with van der Waals surface area (Å²) < 4.78 is 18.4. The zero-order chi connectivity index (χ0) is 14.7. The van der Waals surface area contributed by atoms with Gasteiger partial charge in [0, 0.05) is 11.3 Å². The maximum absolute atomic E-state index is 13.3. The summed E-state index contributed by atoms with van der Waals surface area (Å²) in [6.07, 6.45) is 2.44. The Labute approximate surface area is 126 Å². The van der Waals surface area contributed by atoms with E-state index >= 15 is 0 Å². The van der Waals surface area contributed by atoms with Gasteiger partial charge in [0.1, 0.15) is 0 Å². The molecule has 1 amide bonds. The van der Waals surface area contributed by atoms with E-state index in [9.17, 15) is 9.18 Å². The van der Waals surface area contributed by atoms with Gasteiger partial charge in [-0.15, -0.1) is 11.3 Å². The Bertz CT molecular complexity index is 640. The molecule has 4 nitrogen and oxygen atoms in total. The Morgan fingerprint density at radius 2 is 2.24 bits per heavy atom. The summed E-state index contributed by atoms with van der Waals surface area (Å²) >= 11 is 1.64. The molecule has 0 radical (unpaired) electrons. The van der Waals surface area contributed by atoms with Gasteiger partial charge in [-0.2, -0.15) is 0 Å². The first-order chi connectivity index (χ1) is 10.2. The number of hydrogen-bond acceptors (Lipinski definition) is 4. The van der Waals surface area contributed by atoms with Crippen LogP contribution < -0.4 is 10.1 Å². The maximum atomic E-state index is 13.3. The normalized spacial score (nSPS) is 14.0. The van der Waals surface area contributed by atoms with Crippen LogP contribution in [0.3, 0.4) is 0 Å². The average molecular weight is 306 g/mol. The number of benzene rings is 1. The van der Waals surface area contributed by atoms with Crippen LogP contribution >= 0.6 is 11.3 Å². The molecule has 1 N–H and O–H groups in total. The van der Waals surface area contributed by atoms with E-state index in [1.807, 2.05) is 5.38 Å². The minimum Gasteiger partial charge on any atom is -0.481 e. The molecule has 1 aliphatic rings. The molecule has 1 fully saturated rings. The Kier molecular flexibility index (Phi) is 4.15. The van der Waals surface area contributed by atoms with Crippen LogP contribution in [-0.2, 0) is 11.3 Å². The molecule has 1 aromatic heterocycles. The maximum Gasteiger partial charge on any atom is 0.258 e. The molecule has 1 aromatic carbocycles. The smallest absolute Gasteiger partial charge is 0.258 e. The molecule has 1 heterocycles. The summed E-state index contributed by atoms with van der Waals surface area (Å²) in [5.41, 5.74) is 0.862. The molecule has 1 aliphatic carbocycles. The Morgan fingerprint density at radius 1 is 1.43 bits per heavy atom. The predicted octanol–water partition coefficient (Wildman–Crippen LogP) is 2.85. The zero-order valence-electron chi connectivity index (χ0n) is 11.3. The number of carbonyl (C=O) groups excluding carboxylic acids is 1. The summed E-state index contributed by atoms with van der Waals surface area (Å²) in [4.78, 5) is 16.2. The Hall–Kier alpha value is -1.95. The second-order valence-corrected chi connectivity index (χ2v) is 5.84. The van der Waals surface area contributed by atoms with Crippen molar-refractivity contribution in [2.75, 3.05) is 6.61 Å². The van der Waals surface area contributed by atoms with E-state index in [4.69, 9.17) is 4.74 Å². The van der Waals surface area contributed by atoms with E-state index in [1.54, 1.807) is 23.5 Å². The first-order valence-electron chi connectivity index (χ1n) is 6.80. The van der Waals surface area contributed by atoms with Gasteiger partial charge in [0.25, 0.3) is 5.91 Å². The predicted molar refractivity (Wildman–Crippen MR) is 77.8 cm³/mol. The second kappa shape index (κ2) is 6.22. The number of rotatable bonds is 6. The van der Waals surface area contributed by atoms with Gasteiger partial charge in [-0.25, -0.2) is 9.37 Å². The molecule has 3 rings (SSSR count). The molecule has 0 atom stereocenters. The largest absolute Gasteiger partial charge is 0.481 e. The summed E-state index contributed by atoms with van der Waals surface area (Å²) in [5.74, 6) is -0.0562. The van der Waals surface area contributed by atoms with Crippen molar-refractivity contribution in [2.45, 2.75) is 25.3 Å². The number of nitrogens with zero attached hydrogens (tertiary/aromatic N) is 1. The molecule has 0 spiro atoms. The summed E-state index contributed by atoms with van der Waals surface area (Å²) in [6, 6.07) is 6.01. The average Bonchev–Trinajstić information content (AvgIpc) is 3.23.